The molecular weight excluding hydrogens is 194 g/mol. The molecule has 1 saturated heterocycles. The van der Waals surface area contributed by atoms with Crippen molar-refractivity contribution in [3.63, 3.8) is 0 Å². The zero-order chi connectivity index (χ0) is 11.5. The number of terminal acetylenes is 1. The van der Waals surface area contributed by atoms with Gasteiger partial charge in [0.1, 0.15) is 0 Å². The molecule has 0 aliphatic carbocycles. The molecule has 4 nitrogen and oxygen atoms in total. The SMILES string of the molecule is C#CC(C)(C)N1CCOC(C(=O)OC)C1. The number of methoxy groups -OCH3 is 1. The van der Waals surface area contributed by atoms with Gasteiger partial charge in [-0.2, -0.15) is 0 Å². The fourth-order valence-corrected chi connectivity index (χ4v) is 1.52. The van der Waals surface area contributed by atoms with Crippen LogP contribution in [-0.2, 0) is 14.3 Å². The molecule has 15 heavy (non-hydrogen) atoms. The molecule has 1 aliphatic heterocycles. The molecular formula is C11H17NO3. The average Bonchev–Trinajstić information content (AvgIpc) is 2.28. The van der Waals surface area contributed by atoms with E-state index in [0.29, 0.717) is 13.2 Å². The average molecular weight is 211 g/mol. The van der Waals surface area contributed by atoms with E-state index in [1.807, 2.05) is 13.8 Å². The number of rotatable bonds is 2. The van der Waals surface area contributed by atoms with Crippen LogP contribution in [0.15, 0.2) is 0 Å². The zero-order valence-electron chi connectivity index (χ0n) is 9.45. The van der Waals surface area contributed by atoms with Gasteiger partial charge in [-0.15, -0.1) is 6.42 Å². The largest absolute Gasteiger partial charge is 0.467 e. The maximum Gasteiger partial charge on any atom is 0.336 e. The van der Waals surface area contributed by atoms with E-state index in [4.69, 9.17) is 11.2 Å². The van der Waals surface area contributed by atoms with Gasteiger partial charge >= 0.3 is 5.97 Å². The lowest BCUT2D eigenvalue weighted by Gasteiger charge is -2.39. The van der Waals surface area contributed by atoms with Crippen molar-refractivity contribution in [2.75, 3.05) is 26.8 Å². The van der Waals surface area contributed by atoms with Crippen molar-refractivity contribution in [3.8, 4) is 12.3 Å². The Morgan fingerprint density at radius 3 is 2.87 bits per heavy atom. The molecule has 1 rings (SSSR count). The summed E-state index contributed by atoms with van der Waals surface area (Å²) in [5, 5.41) is 0. The number of hydrogen-bond donors (Lipinski definition) is 0. The maximum atomic E-state index is 11.3. The van der Waals surface area contributed by atoms with Crippen molar-refractivity contribution in [2.24, 2.45) is 0 Å². The summed E-state index contributed by atoms with van der Waals surface area (Å²) in [6.45, 7) is 5.64. The summed E-state index contributed by atoms with van der Waals surface area (Å²) in [6.07, 6.45) is 4.93. The number of carbonyl (C=O) groups excluding carboxylic acids is 1. The molecule has 0 radical (unpaired) electrons. The molecule has 84 valence electrons. The van der Waals surface area contributed by atoms with E-state index in [0.717, 1.165) is 6.54 Å². The van der Waals surface area contributed by atoms with Gasteiger partial charge in [0.05, 0.1) is 19.3 Å². The molecule has 1 unspecified atom stereocenters. The Morgan fingerprint density at radius 2 is 2.33 bits per heavy atom. The minimum Gasteiger partial charge on any atom is -0.467 e. The first-order chi connectivity index (χ1) is 7.01. The van der Waals surface area contributed by atoms with Crippen molar-refractivity contribution in [2.45, 2.75) is 25.5 Å². The van der Waals surface area contributed by atoms with Crippen LogP contribution in [0.2, 0.25) is 0 Å². The second-order valence-corrected chi connectivity index (χ2v) is 4.03. The van der Waals surface area contributed by atoms with Crippen molar-refractivity contribution in [3.05, 3.63) is 0 Å². The van der Waals surface area contributed by atoms with Gasteiger partial charge in [0.2, 0.25) is 0 Å². The molecule has 0 aromatic heterocycles. The van der Waals surface area contributed by atoms with E-state index in [-0.39, 0.29) is 11.5 Å². The lowest BCUT2D eigenvalue weighted by Crippen LogP contribution is -2.54. The normalized spacial score (nSPS) is 23.2. The molecule has 0 N–H and O–H groups in total. The van der Waals surface area contributed by atoms with Crippen LogP contribution in [-0.4, -0.2) is 49.3 Å². The predicted octanol–water partition coefficient (Wildman–Crippen LogP) is 0.272. The highest BCUT2D eigenvalue weighted by Gasteiger charge is 2.33. The molecule has 0 aromatic carbocycles. The first kappa shape index (κ1) is 12.0. The van der Waals surface area contributed by atoms with E-state index in [2.05, 4.69) is 15.6 Å². The topological polar surface area (TPSA) is 38.8 Å². The summed E-state index contributed by atoms with van der Waals surface area (Å²) in [7, 11) is 1.36. The van der Waals surface area contributed by atoms with Gasteiger partial charge in [-0.25, -0.2) is 4.79 Å². The molecule has 0 spiro atoms. The summed E-state index contributed by atoms with van der Waals surface area (Å²) in [6, 6.07) is 0. The number of carbonyl (C=O) groups is 1. The molecule has 1 heterocycles. The van der Waals surface area contributed by atoms with E-state index in [1.165, 1.54) is 7.11 Å². The van der Waals surface area contributed by atoms with Gasteiger partial charge in [-0.3, -0.25) is 4.90 Å². The first-order valence-electron chi connectivity index (χ1n) is 4.93. The molecule has 0 bridgehead atoms. The number of esters is 1. The highest BCUT2D eigenvalue weighted by Crippen LogP contribution is 2.17. The van der Waals surface area contributed by atoms with Gasteiger partial charge in [-0.05, 0) is 13.8 Å². The smallest absolute Gasteiger partial charge is 0.336 e. The van der Waals surface area contributed by atoms with E-state index < -0.39 is 6.10 Å². The van der Waals surface area contributed by atoms with E-state index >= 15 is 0 Å². The number of morpholine rings is 1. The van der Waals surface area contributed by atoms with E-state index in [1.54, 1.807) is 0 Å². The minimum atomic E-state index is -0.517. The van der Waals surface area contributed by atoms with Crippen molar-refractivity contribution in [1.82, 2.24) is 4.90 Å². The molecule has 1 atom stereocenters. The van der Waals surface area contributed by atoms with Gasteiger partial charge in [-0.1, -0.05) is 5.92 Å². The Hall–Kier alpha value is -1.05. The third-order valence-electron chi connectivity index (χ3n) is 2.67. The van der Waals surface area contributed by atoms with Crippen LogP contribution in [0.4, 0.5) is 0 Å². The van der Waals surface area contributed by atoms with Gasteiger partial charge in [0, 0.05) is 13.1 Å². The summed E-state index contributed by atoms with van der Waals surface area (Å²) in [5.74, 6) is 2.37. The lowest BCUT2D eigenvalue weighted by molar-refractivity contribution is -0.161. The number of hydrogen-bond acceptors (Lipinski definition) is 4. The van der Waals surface area contributed by atoms with Crippen molar-refractivity contribution < 1.29 is 14.3 Å². The van der Waals surface area contributed by atoms with Gasteiger partial charge < -0.3 is 9.47 Å². The highest BCUT2D eigenvalue weighted by molar-refractivity contribution is 5.74. The van der Waals surface area contributed by atoms with Crippen molar-refractivity contribution >= 4 is 5.97 Å². The summed E-state index contributed by atoms with van der Waals surface area (Å²) >= 11 is 0. The van der Waals surface area contributed by atoms with Crippen LogP contribution in [0, 0.1) is 12.3 Å². The van der Waals surface area contributed by atoms with Crippen LogP contribution < -0.4 is 0 Å². The fraction of sp³-hybridized carbons (Fsp3) is 0.727. The standard InChI is InChI=1S/C11H17NO3/c1-5-11(2,3)12-6-7-15-9(8-12)10(13)14-4/h1,9H,6-8H2,2-4H3. The Labute approximate surface area is 90.5 Å². The molecule has 0 saturated carbocycles. The Morgan fingerprint density at radius 1 is 1.67 bits per heavy atom. The summed E-state index contributed by atoms with van der Waals surface area (Å²) in [4.78, 5) is 13.4. The van der Waals surface area contributed by atoms with Crippen molar-refractivity contribution in [1.29, 1.82) is 0 Å². The van der Waals surface area contributed by atoms with Crippen LogP contribution in [0.1, 0.15) is 13.8 Å². The fourth-order valence-electron chi connectivity index (χ4n) is 1.52. The monoisotopic (exact) mass is 211 g/mol. The molecule has 0 amide bonds. The van der Waals surface area contributed by atoms with Crippen LogP contribution in [0.25, 0.3) is 0 Å². The summed E-state index contributed by atoms with van der Waals surface area (Å²) in [5.41, 5.74) is -0.351. The van der Waals surface area contributed by atoms with E-state index in [9.17, 15) is 4.79 Å². The Kier molecular flexibility index (Phi) is 3.72. The van der Waals surface area contributed by atoms with Crippen LogP contribution in [0.5, 0.6) is 0 Å². The third kappa shape index (κ3) is 2.71. The van der Waals surface area contributed by atoms with Crippen LogP contribution in [0.3, 0.4) is 0 Å². The number of ether oxygens (including phenoxy) is 2. The first-order valence-corrected chi connectivity index (χ1v) is 4.93. The molecule has 4 heteroatoms. The molecule has 0 aromatic rings. The quantitative estimate of drug-likeness (QED) is 0.485. The lowest BCUT2D eigenvalue weighted by atomic mass is 10.0. The minimum absolute atomic E-state index is 0.340. The maximum absolute atomic E-state index is 11.3. The van der Waals surface area contributed by atoms with Gasteiger partial charge in [0.25, 0.3) is 0 Å². The predicted molar refractivity (Wildman–Crippen MR) is 56.2 cm³/mol. The highest BCUT2D eigenvalue weighted by atomic mass is 16.6. The number of nitrogens with zero attached hydrogens (tertiary/aromatic N) is 1. The van der Waals surface area contributed by atoms with Gasteiger partial charge in [0.15, 0.2) is 6.10 Å². The third-order valence-corrected chi connectivity index (χ3v) is 2.67. The molecule has 1 fully saturated rings. The second kappa shape index (κ2) is 4.65. The molecule has 1 aliphatic rings. The second-order valence-electron chi connectivity index (χ2n) is 4.03. The van der Waals surface area contributed by atoms with Crippen LogP contribution >= 0.6 is 0 Å². The Balaban J connectivity index is 2.65. The zero-order valence-corrected chi connectivity index (χ0v) is 9.45. The Bertz CT molecular complexity index is 280. The summed E-state index contributed by atoms with van der Waals surface area (Å²) < 4.78 is 9.96.